The topological polar surface area (TPSA) is 102 Å². The third-order valence-electron chi connectivity index (χ3n) is 2.14. The fourth-order valence-corrected chi connectivity index (χ4v) is 2.79. The van der Waals surface area contributed by atoms with Gasteiger partial charge in [-0.2, -0.15) is 0 Å². The first-order valence-corrected chi connectivity index (χ1v) is 7.36. The SMILES string of the molecule is CCC(=O)OC(CCCO)P(=O)(OC)OCCO. The van der Waals surface area contributed by atoms with Crippen LogP contribution in [0.4, 0.5) is 0 Å². The summed E-state index contributed by atoms with van der Waals surface area (Å²) in [6, 6.07) is 0. The Morgan fingerprint density at radius 1 is 1.33 bits per heavy atom. The van der Waals surface area contributed by atoms with Crippen LogP contribution in [0.15, 0.2) is 0 Å². The summed E-state index contributed by atoms with van der Waals surface area (Å²) in [7, 11) is -2.45. The molecule has 2 N–H and O–H groups in total. The maximum absolute atomic E-state index is 12.3. The van der Waals surface area contributed by atoms with Gasteiger partial charge in [0.1, 0.15) is 0 Å². The molecule has 0 heterocycles. The lowest BCUT2D eigenvalue weighted by molar-refractivity contribution is -0.146. The van der Waals surface area contributed by atoms with Gasteiger partial charge in [-0.15, -0.1) is 0 Å². The minimum atomic E-state index is -3.64. The Balaban J connectivity index is 4.75. The third kappa shape index (κ3) is 5.93. The van der Waals surface area contributed by atoms with Crippen LogP contribution in [0.3, 0.4) is 0 Å². The molecule has 2 unspecified atom stereocenters. The summed E-state index contributed by atoms with van der Waals surface area (Å²) in [6.45, 7) is 0.994. The van der Waals surface area contributed by atoms with E-state index in [4.69, 9.17) is 24.0 Å². The molecule has 0 spiro atoms. The summed E-state index contributed by atoms with van der Waals surface area (Å²) >= 11 is 0. The molecule has 0 aromatic heterocycles. The fourth-order valence-electron chi connectivity index (χ4n) is 1.20. The third-order valence-corrected chi connectivity index (χ3v) is 4.26. The van der Waals surface area contributed by atoms with E-state index in [1.54, 1.807) is 6.92 Å². The van der Waals surface area contributed by atoms with Crippen LogP contribution in [0.2, 0.25) is 0 Å². The van der Waals surface area contributed by atoms with Crippen LogP contribution in [-0.2, 0) is 23.1 Å². The van der Waals surface area contributed by atoms with Gasteiger partial charge in [-0.25, -0.2) is 0 Å². The van der Waals surface area contributed by atoms with Gasteiger partial charge in [-0.05, 0) is 12.8 Å². The van der Waals surface area contributed by atoms with E-state index < -0.39 is 19.4 Å². The highest BCUT2D eigenvalue weighted by Crippen LogP contribution is 2.54. The van der Waals surface area contributed by atoms with Crippen molar-refractivity contribution >= 4 is 13.6 Å². The Morgan fingerprint density at radius 3 is 2.44 bits per heavy atom. The number of aliphatic hydroxyl groups excluding tert-OH is 2. The summed E-state index contributed by atoms with van der Waals surface area (Å²) in [6.07, 6.45) is 0.607. The molecular formula is C10H21O7P. The van der Waals surface area contributed by atoms with Gasteiger partial charge in [0.15, 0.2) is 0 Å². The number of hydrogen-bond donors (Lipinski definition) is 2. The van der Waals surface area contributed by atoms with E-state index in [9.17, 15) is 9.36 Å². The first-order valence-electron chi connectivity index (χ1n) is 5.75. The molecule has 0 rings (SSSR count). The molecule has 0 amide bonds. The molecule has 0 radical (unpaired) electrons. The average Bonchev–Trinajstić information content (AvgIpc) is 2.40. The highest BCUT2D eigenvalue weighted by atomic mass is 31.2. The van der Waals surface area contributed by atoms with Crippen LogP contribution in [-0.4, -0.2) is 49.0 Å². The van der Waals surface area contributed by atoms with E-state index in [-0.39, 0.29) is 32.7 Å². The smallest absolute Gasteiger partial charge is 0.370 e. The molecule has 0 fully saturated rings. The van der Waals surface area contributed by atoms with Crippen LogP contribution in [0.5, 0.6) is 0 Å². The minimum absolute atomic E-state index is 0.121. The Labute approximate surface area is 107 Å². The van der Waals surface area contributed by atoms with E-state index in [0.717, 1.165) is 0 Å². The van der Waals surface area contributed by atoms with E-state index in [1.165, 1.54) is 7.11 Å². The second-order valence-corrected chi connectivity index (χ2v) is 5.72. The second-order valence-electron chi connectivity index (χ2n) is 3.44. The maximum atomic E-state index is 12.3. The van der Waals surface area contributed by atoms with Gasteiger partial charge >= 0.3 is 13.6 Å². The summed E-state index contributed by atoms with van der Waals surface area (Å²) < 4.78 is 27.1. The van der Waals surface area contributed by atoms with Gasteiger partial charge in [0.25, 0.3) is 0 Å². The molecule has 0 saturated carbocycles. The Kier molecular flexibility index (Phi) is 9.23. The van der Waals surface area contributed by atoms with E-state index in [2.05, 4.69) is 0 Å². The summed E-state index contributed by atoms with van der Waals surface area (Å²) in [4.78, 5) is 11.3. The summed E-state index contributed by atoms with van der Waals surface area (Å²) in [5.74, 6) is -1.59. The highest BCUT2D eigenvalue weighted by Gasteiger charge is 2.37. The largest absolute Gasteiger partial charge is 0.449 e. The number of carbonyl (C=O) groups excluding carboxylic acids is 1. The zero-order valence-electron chi connectivity index (χ0n) is 10.7. The first kappa shape index (κ1) is 17.5. The van der Waals surface area contributed by atoms with Crippen molar-refractivity contribution in [1.29, 1.82) is 0 Å². The lowest BCUT2D eigenvalue weighted by Crippen LogP contribution is -2.21. The fraction of sp³-hybridized carbons (Fsp3) is 0.900. The number of ether oxygens (including phenoxy) is 1. The monoisotopic (exact) mass is 284 g/mol. The standard InChI is InChI=1S/C10H21O7P/c1-3-9(13)17-10(5-4-6-11)18(14,15-2)16-8-7-12/h10-12H,3-8H2,1-2H3. The molecule has 0 aromatic rings. The van der Waals surface area contributed by atoms with Crippen molar-refractivity contribution in [3.05, 3.63) is 0 Å². The Morgan fingerprint density at radius 2 is 2.00 bits per heavy atom. The number of rotatable bonds is 10. The zero-order valence-corrected chi connectivity index (χ0v) is 11.6. The molecule has 0 aromatic carbocycles. The van der Waals surface area contributed by atoms with E-state index in [1.807, 2.05) is 0 Å². The van der Waals surface area contributed by atoms with Crippen molar-refractivity contribution < 1.29 is 33.4 Å². The highest BCUT2D eigenvalue weighted by molar-refractivity contribution is 7.54. The van der Waals surface area contributed by atoms with Crippen LogP contribution < -0.4 is 0 Å². The van der Waals surface area contributed by atoms with Gasteiger partial charge in [-0.1, -0.05) is 6.92 Å². The number of carbonyl (C=O) groups is 1. The zero-order chi connectivity index (χ0) is 14.0. The molecule has 18 heavy (non-hydrogen) atoms. The van der Waals surface area contributed by atoms with Gasteiger partial charge in [0.2, 0.25) is 5.85 Å². The summed E-state index contributed by atoms with van der Waals surface area (Å²) in [5, 5.41) is 17.4. The van der Waals surface area contributed by atoms with Gasteiger partial charge in [0, 0.05) is 20.1 Å². The van der Waals surface area contributed by atoms with Crippen LogP contribution in [0.1, 0.15) is 26.2 Å². The lowest BCUT2D eigenvalue weighted by atomic mass is 10.3. The normalized spacial score (nSPS) is 16.0. The maximum Gasteiger partial charge on any atom is 0.370 e. The van der Waals surface area contributed by atoms with E-state index >= 15 is 0 Å². The molecule has 0 aliphatic rings. The van der Waals surface area contributed by atoms with Crippen molar-refractivity contribution in [2.75, 3.05) is 26.9 Å². The number of esters is 1. The molecular weight excluding hydrogens is 263 g/mol. The van der Waals surface area contributed by atoms with Gasteiger partial charge < -0.3 is 24.0 Å². The van der Waals surface area contributed by atoms with Crippen molar-refractivity contribution in [3.8, 4) is 0 Å². The van der Waals surface area contributed by atoms with E-state index in [0.29, 0.717) is 6.42 Å². The average molecular weight is 284 g/mol. The molecule has 2 atom stereocenters. The van der Waals surface area contributed by atoms with Crippen LogP contribution in [0, 0.1) is 0 Å². The minimum Gasteiger partial charge on any atom is -0.449 e. The van der Waals surface area contributed by atoms with Crippen LogP contribution in [0.25, 0.3) is 0 Å². The molecule has 0 aliphatic heterocycles. The molecule has 0 aliphatic carbocycles. The quantitative estimate of drug-likeness (QED) is 0.453. The Bertz CT molecular complexity index is 281. The molecule has 8 heteroatoms. The number of aliphatic hydroxyl groups is 2. The summed E-state index contributed by atoms with van der Waals surface area (Å²) in [5.41, 5.74) is 0. The molecule has 108 valence electrons. The number of hydrogen-bond acceptors (Lipinski definition) is 7. The predicted molar refractivity (Wildman–Crippen MR) is 64.1 cm³/mol. The lowest BCUT2D eigenvalue weighted by Gasteiger charge is -2.25. The molecule has 7 nitrogen and oxygen atoms in total. The van der Waals surface area contributed by atoms with Crippen molar-refractivity contribution in [2.45, 2.75) is 32.0 Å². The molecule has 0 saturated heterocycles. The van der Waals surface area contributed by atoms with Crippen molar-refractivity contribution in [3.63, 3.8) is 0 Å². The van der Waals surface area contributed by atoms with Crippen LogP contribution >= 0.6 is 7.60 Å². The van der Waals surface area contributed by atoms with Crippen molar-refractivity contribution in [1.82, 2.24) is 0 Å². The second kappa shape index (κ2) is 9.47. The van der Waals surface area contributed by atoms with Gasteiger partial charge in [-0.3, -0.25) is 9.36 Å². The predicted octanol–water partition coefficient (Wildman–Crippen LogP) is 0.887. The first-order chi connectivity index (χ1) is 8.53. The molecule has 0 bridgehead atoms. The van der Waals surface area contributed by atoms with Gasteiger partial charge in [0.05, 0.1) is 13.2 Å². The van der Waals surface area contributed by atoms with Crippen molar-refractivity contribution in [2.24, 2.45) is 0 Å². The Hall–Kier alpha value is -0.460.